The molecule has 0 heterocycles. The van der Waals surface area contributed by atoms with Crippen LogP contribution in [0.3, 0.4) is 0 Å². The number of ether oxygens (including phenoxy) is 1. The molecule has 1 aliphatic carbocycles. The number of carbonyl (C=O) groups is 2. The average Bonchev–Trinajstić information content (AvgIpc) is 2.56. The van der Waals surface area contributed by atoms with Crippen LogP contribution in [0, 0.1) is 0 Å². The molecule has 1 aromatic rings. The van der Waals surface area contributed by atoms with Crippen molar-refractivity contribution in [2.75, 3.05) is 6.54 Å². The van der Waals surface area contributed by atoms with Crippen molar-refractivity contribution in [2.24, 2.45) is 5.73 Å². The number of carboxylic acids is 1. The van der Waals surface area contributed by atoms with Crippen molar-refractivity contribution in [3.05, 3.63) is 23.8 Å². The first-order valence-electron chi connectivity index (χ1n) is 8.95. The monoisotopic (exact) mass is 364 g/mol. The lowest BCUT2D eigenvalue weighted by molar-refractivity contribution is -0.152. The first-order chi connectivity index (χ1) is 12.2. The number of primary amides is 1. The van der Waals surface area contributed by atoms with Gasteiger partial charge in [-0.05, 0) is 32.8 Å². The van der Waals surface area contributed by atoms with Crippen molar-refractivity contribution in [2.45, 2.75) is 64.1 Å². The van der Waals surface area contributed by atoms with Crippen LogP contribution in [0.25, 0.3) is 0 Å². The number of hydrogen-bond donors (Lipinski definition) is 3. The van der Waals surface area contributed by atoms with Gasteiger partial charge >= 0.3 is 5.97 Å². The summed E-state index contributed by atoms with van der Waals surface area (Å²) in [6.45, 7) is 3.44. The van der Waals surface area contributed by atoms with E-state index in [9.17, 15) is 14.7 Å². The molecule has 0 aliphatic heterocycles. The minimum Gasteiger partial charge on any atom is -0.507 e. The van der Waals surface area contributed by atoms with Gasteiger partial charge < -0.3 is 20.7 Å². The molecule has 0 unspecified atom stereocenters. The Labute approximate surface area is 153 Å². The highest BCUT2D eigenvalue weighted by atomic mass is 16.5. The Kier molecular flexibility index (Phi) is 6.47. The average molecular weight is 364 g/mol. The van der Waals surface area contributed by atoms with Gasteiger partial charge in [0.1, 0.15) is 11.5 Å². The molecule has 7 heteroatoms. The SMILES string of the molecule is CC(C)(Oc1ccc(CN(CC(N)=O)C2CCCCC2)c(O)c1)C(=O)O. The van der Waals surface area contributed by atoms with Crippen LogP contribution < -0.4 is 10.5 Å². The molecule has 0 radical (unpaired) electrons. The summed E-state index contributed by atoms with van der Waals surface area (Å²) in [4.78, 5) is 24.6. The van der Waals surface area contributed by atoms with E-state index < -0.39 is 17.5 Å². The topological polar surface area (TPSA) is 113 Å². The number of carbonyl (C=O) groups excluding carboxylic acids is 1. The van der Waals surface area contributed by atoms with Gasteiger partial charge in [-0.2, -0.15) is 0 Å². The number of aromatic hydroxyl groups is 1. The molecule has 144 valence electrons. The predicted molar refractivity (Wildman–Crippen MR) is 96.9 cm³/mol. The molecule has 2 rings (SSSR count). The summed E-state index contributed by atoms with van der Waals surface area (Å²) in [5, 5.41) is 19.5. The molecular formula is C19H28N2O5. The van der Waals surface area contributed by atoms with Crippen LogP contribution in [0.1, 0.15) is 51.5 Å². The second-order valence-electron chi connectivity index (χ2n) is 7.37. The summed E-state index contributed by atoms with van der Waals surface area (Å²) >= 11 is 0. The third-order valence-corrected chi connectivity index (χ3v) is 4.77. The van der Waals surface area contributed by atoms with Crippen LogP contribution in [0.4, 0.5) is 0 Å². The van der Waals surface area contributed by atoms with E-state index in [0.29, 0.717) is 12.1 Å². The molecule has 0 spiro atoms. The van der Waals surface area contributed by atoms with Crippen molar-refractivity contribution in [3.63, 3.8) is 0 Å². The third kappa shape index (κ3) is 5.36. The van der Waals surface area contributed by atoms with E-state index in [2.05, 4.69) is 0 Å². The van der Waals surface area contributed by atoms with Gasteiger partial charge in [0.15, 0.2) is 5.60 Å². The molecule has 1 amide bonds. The number of carboxylic acid groups (broad SMARTS) is 1. The predicted octanol–water partition coefficient (Wildman–Crippen LogP) is 2.25. The van der Waals surface area contributed by atoms with Crippen LogP contribution in [0.2, 0.25) is 0 Å². The molecule has 1 aliphatic rings. The lowest BCUT2D eigenvalue weighted by Crippen LogP contribution is -2.41. The number of benzene rings is 1. The van der Waals surface area contributed by atoms with Gasteiger partial charge in [0, 0.05) is 24.2 Å². The molecule has 0 saturated heterocycles. The van der Waals surface area contributed by atoms with E-state index in [-0.39, 0.29) is 24.1 Å². The molecular weight excluding hydrogens is 336 g/mol. The van der Waals surface area contributed by atoms with Gasteiger partial charge in [0.25, 0.3) is 0 Å². The van der Waals surface area contributed by atoms with E-state index in [1.807, 2.05) is 4.90 Å². The lowest BCUT2D eigenvalue weighted by Gasteiger charge is -2.33. The molecule has 0 aromatic heterocycles. The summed E-state index contributed by atoms with van der Waals surface area (Å²) in [5.41, 5.74) is 4.65. The van der Waals surface area contributed by atoms with Crippen molar-refractivity contribution < 1.29 is 24.5 Å². The second-order valence-corrected chi connectivity index (χ2v) is 7.37. The molecule has 0 atom stereocenters. The van der Waals surface area contributed by atoms with Gasteiger partial charge in [-0.3, -0.25) is 9.69 Å². The van der Waals surface area contributed by atoms with Gasteiger partial charge in [0.05, 0.1) is 6.54 Å². The number of phenolic OH excluding ortho intramolecular Hbond substituents is 1. The summed E-state index contributed by atoms with van der Waals surface area (Å²) < 4.78 is 5.44. The number of nitrogens with zero attached hydrogens (tertiary/aromatic N) is 1. The van der Waals surface area contributed by atoms with Gasteiger partial charge in [-0.1, -0.05) is 25.3 Å². The molecule has 26 heavy (non-hydrogen) atoms. The Morgan fingerprint density at radius 2 is 1.92 bits per heavy atom. The maximum Gasteiger partial charge on any atom is 0.347 e. The van der Waals surface area contributed by atoms with Crippen molar-refractivity contribution in [3.8, 4) is 11.5 Å². The van der Waals surface area contributed by atoms with E-state index in [0.717, 1.165) is 25.7 Å². The molecule has 1 aromatic carbocycles. The highest BCUT2D eigenvalue weighted by Crippen LogP contribution is 2.30. The maximum absolute atomic E-state index is 11.4. The van der Waals surface area contributed by atoms with Crippen LogP contribution in [0.15, 0.2) is 18.2 Å². The Hall–Kier alpha value is -2.28. The summed E-state index contributed by atoms with van der Waals surface area (Å²) in [6, 6.07) is 5.00. The number of nitrogens with two attached hydrogens (primary N) is 1. The quantitative estimate of drug-likeness (QED) is 0.652. The number of rotatable bonds is 8. The number of amides is 1. The molecule has 4 N–H and O–H groups in total. The first kappa shape index (κ1) is 20.0. The van der Waals surface area contributed by atoms with Crippen LogP contribution in [-0.2, 0) is 16.1 Å². The first-order valence-corrected chi connectivity index (χ1v) is 8.95. The van der Waals surface area contributed by atoms with E-state index in [1.54, 1.807) is 12.1 Å². The smallest absolute Gasteiger partial charge is 0.347 e. The van der Waals surface area contributed by atoms with E-state index in [4.69, 9.17) is 15.6 Å². The van der Waals surface area contributed by atoms with Gasteiger partial charge in [0.2, 0.25) is 5.91 Å². The van der Waals surface area contributed by atoms with Crippen LogP contribution in [-0.4, -0.2) is 45.2 Å². The zero-order valence-corrected chi connectivity index (χ0v) is 15.4. The van der Waals surface area contributed by atoms with Gasteiger partial charge in [-0.15, -0.1) is 0 Å². The van der Waals surface area contributed by atoms with E-state index in [1.165, 1.54) is 26.3 Å². The minimum atomic E-state index is -1.39. The van der Waals surface area contributed by atoms with Gasteiger partial charge in [-0.25, -0.2) is 4.79 Å². The highest BCUT2D eigenvalue weighted by Gasteiger charge is 2.30. The standard InChI is InChI=1S/C19H28N2O5/c1-19(2,18(24)25)26-15-9-8-13(16(22)10-15)11-21(12-17(20)23)14-6-4-3-5-7-14/h8-10,14,22H,3-7,11-12H2,1-2H3,(H2,20,23)(H,24,25). The Bertz CT molecular complexity index is 653. The summed E-state index contributed by atoms with van der Waals surface area (Å²) in [6.07, 6.45) is 5.49. The Balaban J connectivity index is 2.13. The van der Waals surface area contributed by atoms with E-state index >= 15 is 0 Å². The Morgan fingerprint density at radius 3 is 2.46 bits per heavy atom. The minimum absolute atomic E-state index is 0.00830. The highest BCUT2D eigenvalue weighted by molar-refractivity contribution is 5.77. The zero-order chi connectivity index (χ0) is 19.3. The number of aliphatic carboxylic acids is 1. The van der Waals surface area contributed by atoms with Crippen molar-refractivity contribution in [1.82, 2.24) is 4.90 Å². The normalized spacial score (nSPS) is 15.8. The fourth-order valence-electron chi connectivity index (χ4n) is 3.26. The Morgan fingerprint density at radius 1 is 1.27 bits per heavy atom. The number of hydrogen-bond acceptors (Lipinski definition) is 5. The van der Waals surface area contributed by atoms with Crippen molar-refractivity contribution >= 4 is 11.9 Å². The fourth-order valence-corrected chi connectivity index (χ4v) is 3.26. The molecule has 1 fully saturated rings. The van der Waals surface area contributed by atoms with Crippen LogP contribution in [0.5, 0.6) is 11.5 Å². The fraction of sp³-hybridized carbons (Fsp3) is 0.579. The van der Waals surface area contributed by atoms with Crippen molar-refractivity contribution in [1.29, 1.82) is 0 Å². The third-order valence-electron chi connectivity index (χ3n) is 4.77. The molecule has 7 nitrogen and oxygen atoms in total. The number of phenols is 1. The van der Waals surface area contributed by atoms with Crippen LogP contribution >= 0.6 is 0 Å². The maximum atomic E-state index is 11.4. The summed E-state index contributed by atoms with van der Waals surface area (Å²) in [7, 11) is 0. The largest absolute Gasteiger partial charge is 0.507 e. The molecule has 1 saturated carbocycles. The zero-order valence-electron chi connectivity index (χ0n) is 15.4. The summed E-state index contributed by atoms with van der Waals surface area (Å²) in [5.74, 6) is -1.20. The second kappa shape index (κ2) is 8.40. The lowest BCUT2D eigenvalue weighted by atomic mass is 9.93. The molecule has 0 bridgehead atoms.